The number of esters is 2. The summed E-state index contributed by atoms with van der Waals surface area (Å²) in [6.07, 6.45) is 7.85. The molecule has 1 atom stereocenters. The van der Waals surface area contributed by atoms with Gasteiger partial charge in [0.15, 0.2) is 0 Å². The van der Waals surface area contributed by atoms with Crippen LogP contribution in [-0.2, 0) is 23.9 Å². The van der Waals surface area contributed by atoms with Gasteiger partial charge in [-0.15, -0.1) is 0 Å². The van der Waals surface area contributed by atoms with E-state index in [9.17, 15) is 14.4 Å². The maximum Gasteiger partial charge on any atom is 0.308 e. The molecule has 5 nitrogen and oxygen atoms in total. The quantitative estimate of drug-likeness (QED) is 0.483. The van der Waals surface area contributed by atoms with Crippen LogP contribution in [0.1, 0.15) is 64.7 Å². The summed E-state index contributed by atoms with van der Waals surface area (Å²) in [5, 5.41) is 0. The number of methoxy groups -OCH3 is 1. The fraction of sp³-hybridized carbons (Fsp3) is 0.824. The molecule has 5 heteroatoms. The van der Waals surface area contributed by atoms with Crippen LogP contribution in [0.15, 0.2) is 0 Å². The predicted molar refractivity (Wildman–Crippen MR) is 82.2 cm³/mol. The van der Waals surface area contributed by atoms with E-state index in [0.29, 0.717) is 25.2 Å². The molecule has 0 N–H and O–H groups in total. The first kappa shape index (κ1) is 18.7. The van der Waals surface area contributed by atoms with E-state index in [2.05, 4.69) is 4.74 Å². The average molecular weight is 312 g/mol. The Morgan fingerprint density at radius 1 is 1.14 bits per heavy atom. The summed E-state index contributed by atoms with van der Waals surface area (Å²) >= 11 is 0. The van der Waals surface area contributed by atoms with Crippen LogP contribution in [0.4, 0.5) is 0 Å². The Balaban J connectivity index is 2.07. The van der Waals surface area contributed by atoms with Crippen molar-refractivity contribution in [2.45, 2.75) is 64.7 Å². The second kappa shape index (κ2) is 10.4. The van der Waals surface area contributed by atoms with E-state index in [1.165, 1.54) is 39.2 Å². The number of ketones is 1. The van der Waals surface area contributed by atoms with Gasteiger partial charge in [0, 0.05) is 12.8 Å². The molecule has 126 valence electrons. The van der Waals surface area contributed by atoms with Crippen LogP contribution in [0.5, 0.6) is 0 Å². The minimum atomic E-state index is -0.495. The highest BCUT2D eigenvalue weighted by Crippen LogP contribution is 2.26. The molecular weight excluding hydrogens is 284 g/mol. The van der Waals surface area contributed by atoms with Crippen molar-refractivity contribution in [3.63, 3.8) is 0 Å². The molecule has 0 saturated heterocycles. The van der Waals surface area contributed by atoms with Gasteiger partial charge in [0.2, 0.25) is 0 Å². The van der Waals surface area contributed by atoms with E-state index in [1.54, 1.807) is 6.92 Å². The van der Waals surface area contributed by atoms with Gasteiger partial charge in [0.25, 0.3) is 0 Å². The summed E-state index contributed by atoms with van der Waals surface area (Å²) in [5.41, 5.74) is 0. The molecule has 1 rings (SSSR count). The maximum absolute atomic E-state index is 11.9. The Bertz CT molecular complexity index is 371. The van der Waals surface area contributed by atoms with Crippen LogP contribution >= 0.6 is 0 Å². The Labute approximate surface area is 132 Å². The Morgan fingerprint density at radius 3 is 2.45 bits per heavy atom. The average Bonchev–Trinajstić information content (AvgIpc) is 2.51. The highest BCUT2D eigenvalue weighted by atomic mass is 16.5. The lowest BCUT2D eigenvalue weighted by molar-refractivity contribution is -0.152. The third-order valence-corrected chi connectivity index (χ3v) is 4.18. The van der Waals surface area contributed by atoms with Gasteiger partial charge in [-0.3, -0.25) is 14.4 Å². The summed E-state index contributed by atoms with van der Waals surface area (Å²) in [7, 11) is 1.29. The summed E-state index contributed by atoms with van der Waals surface area (Å²) < 4.78 is 9.60. The number of ether oxygens (including phenoxy) is 2. The number of hydrogen-bond donors (Lipinski definition) is 0. The summed E-state index contributed by atoms with van der Waals surface area (Å²) in [5.74, 6) is -0.502. The maximum atomic E-state index is 11.9. The van der Waals surface area contributed by atoms with Crippen LogP contribution in [0, 0.1) is 11.8 Å². The standard InChI is InChI=1S/C17H28O5/c1-13(17(20)21-2)11-16(19)22-10-6-9-15(18)12-14-7-4-3-5-8-14/h13-14H,3-12H2,1-2H3. The Kier molecular flexibility index (Phi) is 8.78. The van der Waals surface area contributed by atoms with Crippen LogP contribution in [-0.4, -0.2) is 31.4 Å². The predicted octanol–water partition coefficient (Wildman–Crippen LogP) is 3.05. The van der Waals surface area contributed by atoms with Crippen molar-refractivity contribution >= 4 is 17.7 Å². The van der Waals surface area contributed by atoms with Crippen molar-refractivity contribution in [1.82, 2.24) is 0 Å². The van der Waals surface area contributed by atoms with Gasteiger partial charge in [-0.1, -0.05) is 39.0 Å². The van der Waals surface area contributed by atoms with Crippen molar-refractivity contribution < 1.29 is 23.9 Å². The molecule has 1 aliphatic rings. The van der Waals surface area contributed by atoms with E-state index < -0.39 is 17.9 Å². The van der Waals surface area contributed by atoms with Gasteiger partial charge in [-0.25, -0.2) is 0 Å². The van der Waals surface area contributed by atoms with Gasteiger partial charge in [0.05, 0.1) is 26.1 Å². The zero-order valence-electron chi connectivity index (χ0n) is 13.8. The van der Waals surface area contributed by atoms with E-state index in [-0.39, 0.29) is 18.8 Å². The zero-order valence-corrected chi connectivity index (χ0v) is 13.8. The number of Topliss-reactive ketones (excluding diaryl/α,β-unsaturated/α-hetero) is 1. The summed E-state index contributed by atoms with van der Waals surface area (Å²) in [6, 6.07) is 0. The van der Waals surface area contributed by atoms with Crippen molar-refractivity contribution in [3.8, 4) is 0 Å². The van der Waals surface area contributed by atoms with Crippen LogP contribution in [0.3, 0.4) is 0 Å². The van der Waals surface area contributed by atoms with Gasteiger partial charge in [0.1, 0.15) is 5.78 Å². The Morgan fingerprint density at radius 2 is 1.82 bits per heavy atom. The first-order valence-corrected chi connectivity index (χ1v) is 8.28. The van der Waals surface area contributed by atoms with Crippen molar-refractivity contribution in [2.75, 3.05) is 13.7 Å². The molecule has 1 saturated carbocycles. The lowest BCUT2D eigenvalue weighted by Crippen LogP contribution is -2.19. The minimum absolute atomic E-state index is 0.0166. The largest absolute Gasteiger partial charge is 0.469 e. The lowest BCUT2D eigenvalue weighted by atomic mass is 9.85. The molecule has 0 spiro atoms. The van der Waals surface area contributed by atoms with Crippen molar-refractivity contribution in [2.24, 2.45) is 11.8 Å². The van der Waals surface area contributed by atoms with E-state index in [0.717, 1.165) is 0 Å². The fourth-order valence-corrected chi connectivity index (χ4v) is 2.86. The molecule has 0 heterocycles. The molecule has 0 bridgehead atoms. The van der Waals surface area contributed by atoms with Crippen molar-refractivity contribution in [1.29, 1.82) is 0 Å². The molecule has 0 aromatic carbocycles. The highest BCUT2D eigenvalue weighted by molar-refractivity contribution is 5.80. The molecule has 22 heavy (non-hydrogen) atoms. The van der Waals surface area contributed by atoms with E-state index in [1.807, 2.05) is 0 Å². The van der Waals surface area contributed by atoms with Gasteiger partial charge in [-0.2, -0.15) is 0 Å². The highest BCUT2D eigenvalue weighted by Gasteiger charge is 2.19. The van der Waals surface area contributed by atoms with Gasteiger partial charge < -0.3 is 9.47 Å². The molecule has 0 aromatic heterocycles. The van der Waals surface area contributed by atoms with Crippen molar-refractivity contribution in [3.05, 3.63) is 0 Å². The van der Waals surface area contributed by atoms with Gasteiger partial charge >= 0.3 is 11.9 Å². The van der Waals surface area contributed by atoms with Crippen LogP contribution in [0.25, 0.3) is 0 Å². The van der Waals surface area contributed by atoms with E-state index >= 15 is 0 Å². The molecule has 1 aliphatic carbocycles. The van der Waals surface area contributed by atoms with E-state index in [4.69, 9.17) is 4.74 Å². The molecule has 0 aromatic rings. The van der Waals surface area contributed by atoms with Crippen LogP contribution in [0.2, 0.25) is 0 Å². The minimum Gasteiger partial charge on any atom is -0.469 e. The number of rotatable bonds is 9. The second-order valence-corrected chi connectivity index (χ2v) is 6.20. The summed E-state index contributed by atoms with van der Waals surface area (Å²) in [6.45, 7) is 1.87. The molecular formula is C17H28O5. The SMILES string of the molecule is COC(=O)C(C)CC(=O)OCCCC(=O)CC1CCCCC1. The third-order valence-electron chi connectivity index (χ3n) is 4.18. The topological polar surface area (TPSA) is 69.7 Å². The second-order valence-electron chi connectivity index (χ2n) is 6.20. The normalized spacial score (nSPS) is 16.8. The number of carbonyl (C=O) groups is 3. The monoisotopic (exact) mass is 312 g/mol. The smallest absolute Gasteiger partial charge is 0.308 e. The molecule has 0 amide bonds. The molecule has 1 unspecified atom stereocenters. The van der Waals surface area contributed by atoms with Gasteiger partial charge in [-0.05, 0) is 12.3 Å². The molecule has 1 fully saturated rings. The Hall–Kier alpha value is -1.39. The molecule has 0 aliphatic heterocycles. The first-order chi connectivity index (χ1) is 10.5. The molecule has 0 radical (unpaired) electrons. The van der Waals surface area contributed by atoms with Crippen LogP contribution < -0.4 is 0 Å². The summed E-state index contributed by atoms with van der Waals surface area (Å²) in [4.78, 5) is 34.6. The first-order valence-electron chi connectivity index (χ1n) is 8.28. The number of hydrogen-bond acceptors (Lipinski definition) is 5. The third kappa shape index (κ3) is 7.57. The number of carbonyl (C=O) groups excluding carboxylic acids is 3. The lowest BCUT2D eigenvalue weighted by Gasteiger charge is -2.20. The fourth-order valence-electron chi connectivity index (χ4n) is 2.86. The zero-order chi connectivity index (χ0) is 16.4.